The van der Waals surface area contributed by atoms with Crippen LogP contribution in [0.1, 0.15) is 5.56 Å². The van der Waals surface area contributed by atoms with Gasteiger partial charge in [-0.15, -0.1) is 0 Å². The fourth-order valence-electron chi connectivity index (χ4n) is 3.42. The average molecular weight is 337 g/mol. The summed E-state index contributed by atoms with van der Waals surface area (Å²) in [6, 6.07) is 18.8. The molecule has 0 saturated heterocycles. The maximum absolute atomic E-state index is 13.5. The van der Waals surface area contributed by atoms with Crippen LogP contribution in [0.2, 0.25) is 0 Å². The minimum absolute atomic E-state index is 0.204. The number of anilines is 1. The van der Waals surface area contributed by atoms with Crippen LogP contribution >= 0.6 is 0 Å². The van der Waals surface area contributed by atoms with Gasteiger partial charge in [0.05, 0.1) is 0 Å². The van der Waals surface area contributed by atoms with Crippen molar-refractivity contribution in [1.29, 1.82) is 0 Å². The van der Waals surface area contributed by atoms with Crippen molar-refractivity contribution in [3.63, 3.8) is 0 Å². The van der Waals surface area contributed by atoms with Crippen LogP contribution in [0.5, 0.6) is 5.75 Å². The van der Waals surface area contributed by atoms with Crippen molar-refractivity contribution in [2.24, 2.45) is 0 Å². The van der Waals surface area contributed by atoms with Gasteiger partial charge in [0, 0.05) is 24.2 Å². The number of hydrogen-bond acceptors (Lipinski definition) is 3. The Bertz CT molecular complexity index is 891. The normalized spacial score (nSPS) is 14.6. The molecule has 4 heteroatoms. The molecule has 1 N–H and O–H groups in total. The number of halogens is 1. The second kappa shape index (κ2) is 6.73. The standard InChI is InChI=1S/C21H20FNO2/c22-17-9-8-16-10-11-23(20(16)12-17)13-18(24)14-25-21-7-3-5-15-4-1-2-6-19(15)21/h1-9,12,18,24H,10-11,13-14H2/t18-/m0/s1. The number of hydrogen-bond donors (Lipinski definition) is 1. The molecule has 128 valence electrons. The van der Waals surface area contributed by atoms with E-state index in [-0.39, 0.29) is 12.4 Å². The van der Waals surface area contributed by atoms with Crippen molar-refractivity contribution in [1.82, 2.24) is 0 Å². The summed E-state index contributed by atoms with van der Waals surface area (Å²) in [7, 11) is 0. The Kier molecular flexibility index (Phi) is 4.28. The summed E-state index contributed by atoms with van der Waals surface area (Å²) in [5.41, 5.74) is 2.01. The van der Waals surface area contributed by atoms with Crippen LogP contribution in [0.4, 0.5) is 10.1 Å². The lowest BCUT2D eigenvalue weighted by Crippen LogP contribution is -2.34. The summed E-state index contributed by atoms with van der Waals surface area (Å²) in [6.07, 6.45) is 0.236. The Hall–Kier alpha value is -2.59. The minimum atomic E-state index is -0.645. The zero-order valence-electron chi connectivity index (χ0n) is 13.9. The van der Waals surface area contributed by atoms with E-state index in [1.165, 1.54) is 6.07 Å². The van der Waals surface area contributed by atoms with E-state index < -0.39 is 6.10 Å². The highest BCUT2D eigenvalue weighted by Crippen LogP contribution is 2.29. The van der Waals surface area contributed by atoms with Gasteiger partial charge < -0.3 is 14.7 Å². The molecule has 0 radical (unpaired) electrons. The molecule has 0 aliphatic carbocycles. The van der Waals surface area contributed by atoms with Crippen LogP contribution in [0.25, 0.3) is 10.8 Å². The summed E-state index contributed by atoms with van der Waals surface area (Å²) in [5, 5.41) is 12.5. The zero-order valence-corrected chi connectivity index (χ0v) is 13.9. The largest absolute Gasteiger partial charge is 0.490 e. The van der Waals surface area contributed by atoms with E-state index in [1.54, 1.807) is 6.07 Å². The maximum Gasteiger partial charge on any atom is 0.127 e. The van der Waals surface area contributed by atoms with Gasteiger partial charge in [-0.3, -0.25) is 0 Å². The van der Waals surface area contributed by atoms with Crippen molar-refractivity contribution >= 4 is 16.5 Å². The molecule has 1 atom stereocenters. The van der Waals surface area contributed by atoms with Gasteiger partial charge in [0.2, 0.25) is 0 Å². The van der Waals surface area contributed by atoms with E-state index in [2.05, 4.69) is 0 Å². The molecule has 1 aliphatic heterocycles. The molecule has 3 aromatic carbocycles. The lowest BCUT2D eigenvalue weighted by molar-refractivity contribution is 0.113. The van der Waals surface area contributed by atoms with Gasteiger partial charge in [-0.1, -0.05) is 42.5 Å². The zero-order chi connectivity index (χ0) is 17.2. The Morgan fingerprint density at radius 1 is 1.08 bits per heavy atom. The third-order valence-electron chi connectivity index (χ3n) is 4.65. The lowest BCUT2D eigenvalue weighted by atomic mass is 10.1. The lowest BCUT2D eigenvalue weighted by Gasteiger charge is -2.23. The van der Waals surface area contributed by atoms with Crippen molar-refractivity contribution < 1.29 is 14.2 Å². The fraction of sp³-hybridized carbons (Fsp3) is 0.238. The molecule has 0 aromatic heterocycles. The highest BCUT2D eigenvalue weighted by atomic mass is 19.1. The van der Waals surface area contributed by atoms with Crippen molar-refractivity contribution in [3.05, 3.63) is 72.0 Å². The van der Waals surface area contributed by atoms with Crippen LogP contribution in [0, 0.1) is 5.82 Å². The SMILES string of the molecule is O[C@H](COc1cccc2ccccc12)CN1CCc2ccc(F)cc21. The number of aliphatic hydroxyl groups excluding tert-OH is 1. The van der Waals surface area contributed by atoms with Gasteiger partial charge in [0.15, 0.2) is 0 Å². The molecular weight excluding hydrogens is 317 g/mol. The molecule has 4 rings (SSSR count). The highest BCUT2D eigenvalue weighted by Gasteiger charge is 2.22. The number of fused-ring (bicyclic) bond motifs is 2. The van der Waals surface area contributed by atoms with Gasteiger partial charge in [-0.2, -0.15) is 0 Å². The molecule has 0 saturated carbocycles. The molecule has 0 bridgehead atoms. The average Bonchev–Trinajstić information content (AvgIpc) is 3.02. The van der Waals surface area contributed by atoms with Gasteiger partial charge in [0.1, 0.15) is 24.3 Å². The Balaban J connectivity index is 1.42. The third-order valence-corrected chi connectivity index (χ3v) is 4.65. The molecule has 3 aromatic rings. The Morgan fingerprint density at radius 2 is 1.92 bits per heavy atom. The minimum Gasteiger partial charge on any atom is -0.490 e. The van der Waals surface area contributed by atoms with E-state index in [0.29, 0.717) is 6.54 Å². The number of ether oxygens (including phenoxy) is 1. The van der Waals surface area contributed by atoms with E-state index in [4.69, 9.17) is 4.74 Å². The molecule has 0 fully saturated rings. The smallest absolute Gasteiger partial charge is 0.127 e. The van der Waals surface area contributed by atoms with Gasteiger partial charge >= 0.3 is 0 Å². The number of benzene rings is 3. The number of nitrogens with zero attached hydrogens (tertiary/aromatic N) is 1. The first-order chi connectivity index (χ1) is 12.2. The predicted molar refractivity (Wildman–Crippen MR) is 97.8 cm³/mol. The summed E-state index contributed by atoms with van der Waals surface area (Å²) in [5.74, 6) is 0.525. The van der Waals surface area contributed by atoms with Gasteiger partial charge in [-0.25, -0.2) is 4.39 Å². The molecule has 3 nitrogen and oxygen atoms in total. The van der Waals surface area contributed by atoms with Crippen LogP contribution in [0.15, 0.2) is 60.7 Å². The van der Waals surface area contributed by atoms with Crippen molar-refractivity contribution in [2.45, 2.75) is 12.5 Å². The topological polar surface area (TPSA) is 32.7 Å². The number of β-amino-alcohol motifs (C(OH)–C–C–N with tert-alkyl or cyclic N) is 1. The van der Waals surface area contributed by atoms with Crippen molar-refractivity contribution in [3.8, 4) is 5.75 Å². The first kappa shape index (κ1) is 15.9. The molecular formula is C21H20FNO2. The van der Waals surface area contributed by atoms with Crippen LogP contribution in [-0.4, -0.2) is 30.9 Å². The van der Waals surface area contributed by atoms with Crippen LogP contribution in [0.3, 0.4) is 0 Å². The first-order valence-corrected chi connectivity index (χ1v) is 8.53. The molecule has 1 heterocycles. The van der Waals surface area contributed by atoms with E-state index in [1.807, 2.05) is 53.4 Å². The fourth-order valence-corrected chi connectivity index (χ4v) is 3.42. The Labute approximate surface area is 146 Å². The third kappa shape index (κ3) is 3.30. The number of rotatable bonds is 5. The van der Waals surface area contributed by atoms with Gasteiger partial charge in [0.25, 0.3) is 0 Å². The van der Waals surface area contributed by atoms with Crippen molar-refractivity contribution in [2.75, 3.05) is 24.6 Å². The summed E-state index contributed by atoms with van der Waals surface area (Å²) in [4.78, 5) is 2.02. The molecule has 0 amide bonds. The molecule has 25 heavy (non-hydrogen) atoms. The first-order valence-electron chi connectivity index (χ1n) is 8.53. The van der Waals surface area contributed by atoms with E-state index in [9.17, 15) is 9.50 Å². The summed E-state index contributed by atoms with van der Waals surface area (Å²) in [6.45, 7) is 1.43. The van der Waals surface area contributed by atoms with Crippen LogP contribution < -0.4 is 9.64 Å². The number of aliphatic hydroxyl groups is 1. The van der Waals surface area contributed by atoms with Crippen LogP contribution in [-0.2, 0) is 6.42 Å². The van der Waals surface area contributed by atoms with E-state index >= 15 is 0 Å². The second-order valence-electron chi connectivity index (χ2n) is 6.41. The molecule has 1 aliphatic rings. The quantitative estimate of drug-likeness (QED) is 0.769. The van der Waals surface area contributed by atoms with E-state index in [0.717, 1.165) is 40.7 Å². The van der Waals surface area contributed by atoms with Gasteiger partial charge in [-0.05, 0) is 35.6 Å². The maximum atomic E-state index is 13.5. The second-order valence-corrected chi connectivity index (χ2v) is 6.41. The molecule has 0 unspecified atom stereocenters. The predicted octanol–water partition coefficient (Wildman–Crippen LogP) is 3.78. The highest BCUT2D eigenvalue weighted by molar-refractivity contribution is 5.88. The Morgan fingerprint density at radius 3 is 2.84 bits per heavy atom. The monoisotopic (exact) mass is 337 g/mol. The summed E-state index contributed by atoms with van der Waals surface area (Å²) >= 11 is 0. The molecule has 0 spiro atoms. The summed E-state index contributed by atoms with van der Waals surface area (Å²) < 4.78 is 19.3.